The Labute approximate surface area is 87.8 Å². The normalized spacial score (nSPS) is 13.3. The molecule has 1 heterocycles. The van der Waals surface area contributed by atoms with Crippen molar-refractivity contribution in [3.05, 3.63) is 5.15 Å². The predicted molar refractivity (Wildman–Crippen MR) is 57.5 cm³/mol. The molecule has 0 saturated heterocycles. The molecule has 0 amide bonds. The highest BCUT2D eigenvalue weighted by atomic mass is 35.5. The molecule has 0 fully saturated rings. The first-order chi connectivity index (χ1) is 6.09. The van der Waals surface area contributed by atoms with Gasteiger partial charge in [0, 0.05) is 6.04 Å². The summed E-state index contributed by atoms with van der Waals surface area (Å²) in [6, 6.07) is 0.390. The molecule has 1 atom stereocenters. The topological polar surface area (TPSA) is 37.8 Å². The van der Waals surface area contributed by atoms with Crippen molar-refractivity contribution >= 4 is 29.1 Å². The van der Waals surface area contributed by atoms with Gasteiger partial charge in [-0.1, -0.05) is 25.4 Å². The Balaban J connectivity index is 2.45. The Bertz CT molecular complexity index is 262. The van der Waals surface area contributed by atoms with Crippen LogP contribution in [0.3, 0.4) is 0 Å². The van der Waals surface area contributed by atoms with E-state index in [1.165, 1.54) is 0 Å². The SMILES string of the molecule is CC(C)CC(C)Nc1nsnc1Cl. The van der Waals surface area contributed by atoms with Gasteiger partial charge >= 0.3 is 0 Å². The van der Waals surface area contributed by atoms with E-state index in [0.29, 0.717) is 22.9 Å². The quantitative estimate of drug-likeness (QED) is 0.846. The fourth-order valence-electron chi connectivity index (χ4n) is 1.26. The third-order valence-electron chi connectivity index (χ3n) is 1.66. The molecule has 0 aliphatic heterocycles. The van der Waals surface area contributed by atoms with Crippen LogP contribution >= 0.6 is 23.3 Å². The van der Waals surface area contributed by atoms with Crippen LogP contribution in [-0.4, -0.2) is 14.8 Å². The molecule has 0 aliphatic rings. The number of rotatable bonds is 4. The fourth-order valence-corrected chi connectivity index (χ4v) is 1.92. The molecule has 0 saturated carbocycles. The second-order valence-electron chi connectivity index (χ2n) is 3.58. The molecule has 1 aromatic heterocycles. The molecule has 0 aliphatic carbocycles. The molecule has 1 N–H and O–H groups in total. The molecule has 5 heteroatoms. The van der Waals surface area contributed by atoms with Crippen molar-refractivity contribution < 1.29 is 0 Å². The van der Waals surface area contributed by atoms with E-state index in [4.69, 9.17) is 11.6 Å². The minimum absolute atomic E-state index is 0.390. The summed E-state index contributed by atoms with van der Waals surface area (Å²) in [5, 5.41) is 3.70. The summed E-state index contributed by atoms with van der Waals surface area (Å²) in [5.41, 5.74) is 0. The number of hydrogen-bond acceptors (Lipinski definition) is 4. The van der Waals surface area contributed by atoms with E-state index in [0.717, 1.165) is 18.1 Å². The predicted octanol–water partition coefficient (Wildman–Crippen LogP) is 3.04. The van der Waals surface area contributed by atoms with Crippen LogP contribution in [0.25, 0.3) is 0 Å². The van der Waals surface area contributed by atoms with Crippen molar-refractivity contribution in [2.75, 3.05) is 5.32 Å². The molecule has 1 unspecified atom stereocenters. The van der Waals surface area contributed by atoms with Gasteiger partial charge < -0.3 is 5.32 Å². The second kappa shape index (κ2) is 4.77. The minimum Gasteiger partial charge on any atom is -0.364 e. The lowest BCUT2D eigenvalue weighted by Crippen LogP contribution is -2.17. The van der Waals surface area contributed by atoms with Crippen molar-refractivity contribution in [2.45, 2.75) is 33.2 Å². The fraction of sp³-hybridized carbons (Fsp3) is 0.750. The first-order valence-corrected chi connectivity index (χ1v) is 5.45. The first-order valence-electron chi connectivity index (χ1n) is 4.34. The van der Waals surface area contributed by atoms with Crippen LogP contribution < -0.4 is 5.32 Å². The van der Waals surface area contributed by atoms with Crippen LogP contribution in [0, 0.1) is 5.92 Å². The van der Waals surface area contributed by atoms with Crippen molar-refractivity contribution in [1.29, 1.82) is 0 Å². The number of nitrogens with one attached hydrogen (secondary N) is 1. The monoisotopic (exact) mass is 219 g/mol. The molecule has 1 rings (SSSR count). The molecule has 3 nitrogen and oxygen atoms in total. The summed E-state index contributed by atoms with van der Waals surface area (Å²) >= 11 is 6.93. The van der Waals surface area contributed by atoms with E-state index in [2.05, 4.69) is 34.8 Å². The maximum Gasteiger partial charge on any atom is 0.186 e. The molecule has 0 aromatic carbocycles. The molecule has 74 valence electrons. The number of aromatic nitrogens is 2. The average Bonchev–Trinajstić information content (AvgIpc) is 2.34. The van der Waals surface area contributed by atoms with Crippen LogP contribution in [0.15, 0.2) is 0 Å². The lowest BCUT2D eigenvalue weighted by molar-refractivity contribution is 0.539. The standard InChI is InChI=1S/C8H14ClN3S/c1-5(2)4-6(3)10-8-7(9)11-13-12-8/h5-6H,4H2,1-3H3,(H,10,12). The molecular formula is C8H14ClN3S. The highest BCUT2D eigenvalue weighted by Crippen LogP contribution is 2.20. The van der Waals surface area contributed by atoms with Gasteiger partial charge in [-0.15, -0.1) is 0 Å². The number of nitrogens with zero attached hydrogens (tertiary/aromatic N) is 2. The zero-order valence-corrected chi connectivity index (χ0v) is 9.61. The van der Waals surface area contributed by atoms with Crippen molar-refractivity contribution in [1.82, 2.24) is 8.75 Å². The Kier molecular flexibility index (Phi) is 3.93. The maximum atomic E-state index is 5.79. The first kappa shape index (κ1) is 10.7. The lowest BCUT2D eigenvalue weighted by atomic mass is 10.1. The van der Waals surface area contributed by atoms with E-state index in [1.807, 2.05) is 0 Å². The Morgan fingerprint density at radius 3 is 2.54 bits per heavy atom. The summed E-state index contributed by atoms with van der Waals surface area (Å²) in [4.78, 5) is 0. The van der Waals surface area contributed by atoms with Gasteiger partial charge in [-0.25, -0.2) is 0 Å². The third kappa shape index (κ3) is 3.48. The molecule has 0 bridgehead atoms. The maximum absolute atomic E-state index is 5.79. The van der Waals surface area contributed by atoms with Crippen LogP contribution in [0.2, 0.25) is 5.15 Å². The van der Waals surface area contributed by atoms with Crippen LogP contribution in [0.4, 0.5) is 5.82 Å². The number of hydrogen-bond donors (Lipinski definition) is 1. The average molecular weight is 220 g/mol. The van der Waals surface area contributed by atoms with Gasteiger partial charge in [0.1, 0.15) is 0 Å². The zero-order valence-electron chi connectivity index (χ0n) is 8.04. The molecule has 13 heavy (non-hydrogen) atoms. The smallest absolute Gasteiger partial charge is 0.186 e. The highest BCUT2D eigenvalue weighted by molar-refractivity contribution is 6.99. The summed E-state index contributed by atoms with van der Waals surface area (Å²) in [6.45, 7) is 6.51. The largest absolute Gasteiger partial charge is 0.364 e. The van der Waals surface area contributed by atoms with Gasteiger partial charge in [-0.2, -0.15) is 8.75 Å². The van der Waals surface area contributed by atoms with E-state index in [9.17, 15) is 0 Å². The van der Waals surface area contributed by atoms with Crippen molar-refractivity contribution in [3.63, 3.8) is 0 Å². The van der Waals surface area contributed by atoms with Gasteiger partial charge in [0.15, 0.2) is 11.0 Å². The van der Waals surface area contributed by atoms with Crippen molar-refractivity contribution in [3.8, 4) is 0 Å². The van der Waals surface area contributed by atoms with Gasteiger partial charge in [0.2, 0.25) is 0 Å². The summed E-state index contributed by atoms with van der Waals surface area (Å²) in [7, 11) is 0. The van der Waals surface area contributed by atoms with Crippen LogP contribution in [-0.2, 0) is 0 Å². The third-order valence-corrected chi connectivity index (χ3v) is 2.55. The second-order valence-corrected chi connectivity index (χ2v) is 4.47. The van der Waals surface area contributed by atoms with E-state index in [1.54, 1.807) is 0 Å². The Morgan fingerprint density at radius 2 is 2.08 bits per heavy atom. The number of anilines is 1. The molecular weight excluding hydrogens is 206 g/mol. The molecule has 1 aromatic rings. The van der Waals surface area contributed by atoms with E-state index >= 15 is 0 Å². The zero-order chi connectivity index (χ0) is 9.84. The van der Waals surface area contributed by atoms with E-state index in [-0.39, 0.29) is 0 Å². The highest BCUT2D eigenvalue weighted by Gasteiger charge is 2.09. The molecule has 0 spiro atoms. The molecule has 0 radical (unpaired) electrons. The van der Waals surface area contributed by atoms with Crippen LogP contribution in [0.1, 0.15) is 27.2 Å². The van der Waals surface area contributed by atoms with Crippen molar-refractivity contribution in [2.24, 2.45) is 5.92 Å². The summed E-state index contributed by atoms with van der Waals surface area (Å²) < 4.78 is 7.93. The Hall–Kier alpha value is -0.350. The number of halogens is 1. The van der Waals surface area contributed by atoms with Gasteiger partial charge in [-0.3, -0.25) is 0 Å². The minimum atomic E-state index is 0.390. The Morgan fingerprint density at radius 1 is 1.38 bits per heavy atom. The van der Waals surface area contributed by atoms with Gasteiger partial charge in [0.05, 0.1) is 11.7 Å². The van der Waals surface area contributed by atoms with Crippen LogP contribution in [0.5, 0.6) is 0 Å². The van der Waals surface area contributed by atoms with Gasteiger partial charge in [-0.05, 0) is 19.3 Å². The summed E-state index contributed by atoms with van der Waals surface area (Å²) in [5.74, 6) is 1.38. The summed E-state index contributed by atoms with van der Waals surface area (Å²) in [6.07, 6.45) is 1.11. The lowest BCUT2D eigenvalue weighted by Gasteiger charge is -2.14. The van der Waals surface area contributed by atoms with E-state index < -0.39 is 0 Å². The van der Waals surface area contributed by atoms with Gasteiger partial charge in [0.25, 0.3) is 0 Å².